The van der Waals surface area contributed by atoms with Crippen LogP contribution in [0.4, 0.5) is 11.4 Å². The Hall–Kier alpha value is -1.51. The lowest BCUT2D eigenvalue weighted by Crippen LogP contribution is -2.11. The van der Waals surface area contributed by atoms with Crippen LogP contribution in [0.3, 0.4) is 0 Å². The van der Waals surface area contributed by atoms with Crippen LogP contribution < -0.4 is 10.6 Å². The molecule has 2 aromatic rings. The average Bonchev–Trinajstić information content (AvgIpc) is 2.39. The van der Waals surface area contributed by atoms with Gasteiger partial charge in [-0.25, -0.2) is 0 Å². The lowest BCUT2D eigenvalue weighted by molar-refractivity contribution is 0.968. The number of hydrogen-bond donors (Lipinski definition) is 1. The molecule has 0 radical (unpaired) electrons. The monoisotopic (exact) mass is 274 g/mol. The SMILES string of the molecule is Cc1ccccc1N(C)c1ccc(CCN)cc1Cl. The lowest BCUT2D eigenvalue weighted by Gasteiger charge is -2.23. The summed E-state index contributed by atoms with van der Waals surface area (Å²) >= 11 is 6.38. The van der Waals surface area contributed by atoms with E-state index in [-0.39, 0.29) is 0 Å². The maximum Gasteiger partial charge on any atom is 0.0645 e. The van der Waals surface area contributed by atoms with Gasteiger partial charge in [-0.15, -0.1) is 0 Å². The summed E-state index contributed by atoms with van der Waals surface area (Å²) in [5, 5.41) is 0.761. The quantitative estimate of drug-likeness (QED) is 0.916. The zero-order valence-electron chi connectivity index (χ0n) is 11.4. The number of anilines is 2. The molecule has 0 amide bonds. The normalized spacial score (nSPS) is 10.5. The van der Waals surface area contributed by atoms with Crippen molar-refractivity contribution < 1.29 is 0 Å². The van der Waals surface area contributed by atoms with Crippen LogP contribution in [-0.2, 0) is 6.42 Å². The minimum absolute atomic E-state index is 0.642. The lowest BCUT2D eigenvalue weighted by atomic mass is 10.1. The predicted molar refractivity (Wildman–Crippen MR) is 83.5 cm³/mol. The maximum absolute atomic E-state index is 6.38. The molecule has 0 fully saturated rings. The molecule has 0 aliphatic rings. The highest BCUT2D eigenvalue weighted by atomic mass is 35.5. The molecular formula is C16H19ClN2. The number of aryl methyl sites for hydroxylation is 1. The third-order valence-corrected chi connectivity index (χ3v) is 3.59. The Balaban J connectivity index is 2.34. The number of benzene rings is 2. The number of rotatable bonds is 4. The van der Waals surface area contributed by atoms with Crippen molar-refractivity contribution in [1.82, 2.24) is 0 Å². The molecule has 19 heavy (non-hydrogen) atoms. The van der Waals surface area contributed by atoms with E-state index in [2.05, 4.69) is 36.1 Å². The van der Waals surface area contributed by atoms with Crippen molar-refractivity contribution in [2.75, 3.05) is 18.5 Å². The van der Waals surface area contributed by atoms with Crippen LogP contribution in [0.15, 0.2) is 42.5 Å². The smallest absolute Gasteiger partial charge is 0.0645 e. The average molecular weight is 275 g/mol. The van der Waals surface area contributed by atoms with Gasteiger partial charge in [0.2, 0.25) is 0 Å². The summed E-state index contributed by atoms with van der Waals surface area (Å²) in [5.74, 6) is 0. The van der Waals surface area contributed by atoms with E-state index < -0.39 is 0 Å². The summed E-state index contributed by atoms with van der Waals surface area (Å²) < 4.78 is 0. The van der Waals surface area contributed by atoms with E-state index in [1.165, 1.54) is 11.1 Å². The van der Waals surface area contributed by atoms with Crippen molar-refractivity contribution in [1.29, 1.82) is 0 Å². The Morgan fingerprint density at radius 1 is 1.11 bits per heavy atom. The van der Waals surface area contributed by atoms with Crippen LogP contribution in [0, 0.1) is 6.92 Å². The highest BCUT2D eigenvalue weighted by Crippen LogP contribution is 2.32. The zero-order valence-corrected chi connectivity index (χ0v) is 12.1. The van der Waals surface area contributed by atoms with Crippen LogP contribution >= 0.6 is 11.6 Å². The third-order valence-electron chi connectivity index (χ3n) is 3.28. The van der Waals surface area contributed by atoms with Gasteiger partial charge in [0.25, 0.3) is 0 Å². The number of para-hydroxylation sites is 1. The summed E-state index contributed by atoms with van der Waals surface area (Å²) in [7, 11) is 2.03. The van der Waals surface area contributed by atoms with Crippen LogP contribution in [0.1, 0.15) is 11.1 Å². The fraction of sp³-hybridized carbons (Fsp3) is 0.250. The van der Waals surface area contributed by atoms with Crippen LogP contribution in [-0.4, -0.2) is 13.6 Å². The minimum atomic E-state index is 0.642. The molecule has 0 bridgehead atoms. The molecular weight excluding hydrogens is 256 g/mol. The van der Waals surface area contributed by atoms with Gasteiger partial charge in [-0.1, -0.05) is 35.9 Å². The number of nitrogens with two attached hydrogens (primary N) is 1. The molecule has 0 aromatic heterocycles. The summed E-state index contributed by atoms with van der Waals surface area (Å²) in [4.78, 5) is 2.11. The molecule has 2 nitrogen and oxygen atoms in total. The van der Waals surface area contributed by atoms with Crippen LogP contribution in [0.2, 0.25) is 5.02 Å². The first-order chi connectivity index (χ1) is 9.13. The Kier molecular flexibility index (Phi) is 4.46. The fourth-order valence-electron chi connectivity index (χ4n) is 2.21. The Labute approximate surface area is 119 Å². The van der Waals surface area contributed by atoms with E-state index in [0.717, 1.165) is 22.8 Å². The second-order valence-corrected chi connectivity index (χ2v) is 5.08. The van der Waals surface area contributed by atoms with E-state index in [9.17, 15) is 0 Å². The van der Waals surface area contributed by atoms with Gasteiger partial charge in [0.05, 0.1) is 10.7 Å². The molecule has 0 saturated carbocycles. The molecule has 2 rings (SSSR count). The molecule has 0 unspecified atom stereocenters. The van der Waals surface area contributed by atoms with Crippen LogP contribution in [0.5, 0.6) is 0 Å². The fourth-order valence-corrected chi connectivity index (χ4v) is 2.54. The first-order valence-corrected chi connectivity index (χ1v) is 6.79. The second-order valence-electron chi connectivity index (χ2n) is 4.67. The molecule has 0 saturated heterocycles. The van der Waals surface area contributed by atoms with Crippen molar-refractivity contribution in [2.24, 2.45) is 5.73 Å². The summed E-state index contributed by atoms with van der Waals surface area (Å²) in [5.41, 5.74) is 10.1. The molecule has 100 valence electrons. The van der Waals surface area contributed by atoms with E-state index in [1.807, 2.05) is 25.2 Å². The molecule has 0 aliphatic carbocycles. The summed E-state index contributed by atoms with van der Waals surface area (Å²) in [6.45, 7) is 2.74. The van der Waals surface area contributed by atoms with Gasteiger partial charge in [-0.2, -0.15) is 0 Å². The topological polar surface area (TPSA) is 29.3 Å². The van der Waals surface area contributed by atoms with Crippen molar-refractivity contribution in [3.8, 4) is 0 Å². The van der Waals surface area contributed by atoms with Crippen molar-refractivity contribution in [2.45, 2.75) is 13.3 Å². The molecule has 0 atom stereocenters. The third kappa shape index (κ3) is 3.09. The minimum Gasteiger partial charge on any atom is -0.343 e. The largest absolute Gasteiger partial charge is 0.343 e. The highest BCUT2D eigenvalue weighted by molar-refractivity contribution is 6.33. The van der Waals surface area contributed by atoms with Crippen molar-refractivity contribution in [3.63, 3.8) is 0 Å². The van der Waals surface area contributed by atoms with Gasteiger partial charge in [0.1, 0.15) is 0 Å². The maximum atomic E-state index is 6.38. The first kappa shape index (κ1) is 13.9. The van der Waals surface area contributed by atoms with Crippen molar-refractivity contribution >= 4 is 23.0 Å². The van der Waals surface area contributed by atoms with Gasteiger partial charge < -0.3 is 10.6 Å². The standard InChI is InChI=1S/C16H19ClN2/c1-12-5-3-4-6-15(12)19(2)16-8-7-13(9-10-18)11-14(16)17/h3-8,11H,9-10,18H2,1-2H3. The number of hydrogen-bond acceptors (Lipinski definition) is 2. The van der Waals surface area contributed by atoms with Crippen molar-refractivity contribution in [3.05, 3.63) is 58.6 Å². The first-order valence-electron chi connectivity index (χ1n) is 6.41. The van der Waals surface area contributed by atoms with Gasteiger partial charge in [0.15, 0.2) is 0 Å². The highest BCUT2D eigenvalue weighted by Gasteiger charge is 2.10. The molecule has 3 heteroatoms. The Morgan fingerprint density at radius 2 is 1.84 bits per heavy atom. The number of halogens is 1. The Bertz CT molecular complexity index is 566. The van der Waals surface area contributed by atoms with E-state index in [0.29, 0.717) is 6.54 Å². The molecule has 0 aliphatic heterocycles. The van der Waals surface area contributed by atoms with Crippen LogP contribution in [0.25, 0.3) is 0 Å². The van der Waals surface area contributed by atoms with Gasteiger partial charge in [0, 0.05) is 12.7 Å². The molecule has 0 heterocycles. The summed E-state index contributed by atoms with van der Waals surface area (Å²) in [6.07, 6.45) is 0.855. The van der Waals surface area contributed by atoms with E-state index in [1.54, 1.807) is 0 Å². The Morgan fingerprint density at radius 3 is 2.47 bits per heavy atom. The molecule has 0 spiro atoms. The second kappa shape index (κ2) is 6.09. The molecule has 2 aromatic carbocycles. The van der Waals surface area contributed by atoms with Gasteiger partial charge in [-0.3, -0.25) is 0 Å². The number of nitrogens with zero attached hydrogens (tertiary/aromatic N) is 1. The zero-order chi connectivity index (χ0) is 13.8. The summed E-state index contributed by atoms with van der Waals surface area (Å²) in [6, 6.07) is 14.4. The van der Waals surface area contributed by atoms with Gasteiger partial charge >= 0.3 is 0 Å². The van der Waals surface area contributed by atoms with E-state index in [4.69, 9.17) is 17.3 Å². The van der Waals surface area contributed by atoms with Gasteiger partial charge in [-0.05, 0) is 49.2 Å². The predicted octanol–water partition coefficient (Wildman–Crippen LogP) is 3.92. The molecule has 2 N–H and O–H groups in total. The van der Waals surface area contributed by atoms with E-state index >= 15 is 0 Å².